The van der Waals surface area contributed by atoms with Gasteiger partial charge in [-0.1, -0.05) is 0 Å². The van der Waals surface area contributed by atoms with Gasteiger partial charge in [-0.05, 0) is 4.85 Å². The zero-order valence-corrected chi connectivity index (χ0v) is 8.22. The van der Waals surface area contributed by atoms with Crippen molar-refractivity contribution >= 4 is 22.7 Å². The lowest BCUT2D eigenvalue weighted by Crippen LogP contribution is -2.38. The van der Waals surface area contributed by atoms with Gasteiger partial charge in [-0.25, -0.2) is 0 Å². The van der Waals surface area contributed by atoms with Crippen LogP contribution in [0.4, 0.5) is 11.6 Å². The number of hydrogen-bond acceptors (Lipinski definition) is 5. The number of nitrogens with one attached hydrogen (secondary N) is 2. The van der Waals surface area contributed by atoms with Gasteiger partial charge in [0.2, 0.25) is 5.52 Å². The minimum atomic E-state index is 0.0662. The first-order valence-electron chi connectivity index (χ1n) is 4.25. The molecule has 0 aromatic carbocycles. The van der Waals surface area contributed by atoms with E-state index in [1.165, 1.54) is 13.1 Å². The van der Waals surface area contributed by atoms with Crippen molar-refractivity contribution in [2.75, 3.05) is 24.7 Å². The van der Waals surface area contributed by atoms with Crippen molar-refractivity contribution in [3.05, 3.63) is 11.3 Å². The van der Waals surface area contributed by atoms with Crippen LogP contribution in [0.2, 0.25) is 0 Å². The van der Waals surface area contributed by atoms with E-state index in [9.17, 15) is 15.6 Å². The molecule has 0 fully saturated rings. The molecule has 0 saturated heterocycles. The molecule has 0 spiro atoms. The van der Waals surface area contributed by atoms with E-state index in [4.69, 9.17) is 0 Å². The molecule has 0 aliphatic carbocycles. The molecule has 0 aliphatic heterocycles. The fraction of sp³-hybridized carbons (Fsp3) is 0.286. The maximum Gasteiger partial charge on any atom is 0.330 e. The average Bonchev–Trinajstić information content (AvgIpc) is 2.67. The summed E-state index contributed by atoms with van der Waals surface area (Å²) < 4.78 is 0.794. The molecule has 0 bridgehead atoms. The highest BCUT2D eigenvalue weighted by molar-refractivity contribution is 5.88. The fourth-order valence-corrected chi connectivity index (χ4v) is 1.54. The molecule has 0 unspecified atom stereocenters. The van der Waals surface area contributed by atoms with Crippen LogP contribution in [0.5, 0.6) is 0 Å². The van der Waals surface area contributed by atoms with Gasteiger partial charge in [0, 0.05) is 13.1 Å². The van der Waals surface area contributed by atoms with Gasteiger partial charge in [-0.15, -0.1) is 4.85 Å². The Morgan fingerprint density at radius 2 is 2.00 bits per heavy atom. The van der Waals surface area contributed by atoms with Crippen LogP contribution in [0.15, 0.2) is 6.07 Å². The molecule has 0 aliphatic rings. The van der Waals surface area contributed by atoms with Crippen molar-refractivity contribution in [3.63, 3.8) is 0 Å². The summed E-state index contributed by atoms with van der Waals surface area (Å²) >= 11 is 0. The third kappa shape index (κ3) is 0.981. The Bertz CT molecular complexity index is 514. The van der Waals surface area contributed by atoms with Crippen molar-refractivity contribution < 1.29 is 15.3 Å². The molecule has 15 heavy (non-hydrogen) atoms. The summed E-state index contributed by atoms with van der Waals surface area (Å²) in [4.78, 5) is 0.658. The monoisotopic (exact) mass is 213 g/mol. The molecule has 0 radical (unpaired) electrons. The molecule has 4 N–H and O–H groups in total. The van der Waals surface area contributed by atoms with Crippen LogP contribution in [-0.2, 0) is 0 Å². The maximum absolute atomic E-state index is 11.4. The van der Waals surface area contributed by atoms with Crippen molar-refractivity contribution in [1.82, 2.24) is 9.58 Å². The minimum absolute atomic E-state index is 0.0662. The molecule has 2 aromatic rings. The SMILES string of the molecule is CNc1cc2c(c(NC)[n+]([O-])n2O)n1O. The average molecular weight is 213 g/mol. The lowest BCUT2D eigenvalue weighted by Gasteiger charge is -2.04. The molecule has 2 aromatic heterocycles. The minimum Gasteiger partial charge on any atom is -0.690 e. The number of anilines is 2. The van der Waals surface area contributed by atoms with Crippen LogP contribution in [0.1, 0.15) is 0 Å². The van der Waals surface area contributed by atoms with Crippen LogP contribution >= 0.6 is 0 Å². The highest BCUT2D eigenvalue weighted by Crippen LogP contribution is 2.25. The van der Waals surface area contributed by atoms with Crippen molar-refractivity contribution in [2.24, 2.45) is 0 Å². The second-order valence-electron chi connectivity index (χ2n) is 2.99. The van der Waals surface area contributed by atoms with Gasteiger partial charge >= 0.3 is 5.82 Å². The first-order chi connectivity index (χ1) is 7.11. The Kier molecular flexibility index (Phi) is 1.78. The van der Waals surface area contributed by atoms with E-state index < -0.39 is 0 Å². The first kappa shape index (κ1) is 9.31. The zero-order chi connectivity index (χ0) is 11.2. The quantitative estimate of drug-likeness (QED) is 0.310. The van der Waals surface area contributed by atoms with E-state index >= 15 is 0 Å². The van der Waals surface area contributed by atoms with Crippen LogP contribution < -0.4 is 15.5 Å². The van der Waals surface area contributed by atoms with Gasteiger partial charge < -0.3 is 20.9 Å². The number of rotatable bonds is 2. The standard InChI is InChI=1S/C7H11N5O3/c1-8-5-3-4-6(10(5)13)7(9-2)12(15)11(4)14/h3,8-9,13-14H,1-2H3. The lowest BCUT2D eigenvalue weighted by atomic mass is 10.4. The zero-order valence-electron chi connectivity index (χ0n) is 8.22. The number of fused-ring (bicyclic) bond motifs is 1. The Morgan fingerprint density at radius 1 is 1.33 bits per heavy atom. The largest absolute Gasteiger partial charge is 0.690 e. The maximum atomic E-state index is 11.4. The Hall–Kier alpha value is -2.25. The Balaban J connectivity index is 2.86. The van der Waals surface area contributed by atoms with Crippen LogP contribution in [-0.4, -0.2) is 34.1 Å². The van der Waals surface area contributed by atoms with E-state index in [-0.39, 0.29) is 21.7 Å². The predicted molar refractivity (Wildman–Crippen MR) is 52.4 cm³/mol. The van der Waals surface area contributed by atoms with Crippen molar-refractivity contribution in [3.8, 4) is 0 Å². The molecule has 8 heteroatoms. The smallest absolute Gasteiger partial charge is 0.330 e. The van der Waals surface area contributed by atoms with Crippen molar-refractivity contribution in [2.45, 2.75) is 0 Å². The summed E-state index contributed by atoms with van der Waals surface area (Å²) in [6.07, 6.45) is 0. The molecule has 0 atom stereocenters. The van der Waals surface area contributed by atoms with Gasteiger partial charge in [0.1, 0.15) is 5.82 Å². The summed E-state index contributed by atoms with van der Waals surface area (Å²) in [5, 5.41) is 35.8. The van der Waals surface area contributed by atoms with Crippen LogP contribution in [0.3, 0.4) is 0 Å². The third-order valence-electron chi connectivity index (χ3n) is 2.25. The molecular formula is C7H11N5O3. The molecule has 0 amide bonds. The van der Waals surface area contributed by atoms with Crippen molar-refractivity contribution in [1.29, 1.82) is 0 Å². The molecule has 2 heterocycles. The third-order valence-corrected chi connectivity index (χ3v) is 2.25. The molecule has 2 rings (SSSR count). The number of hydrogen-bond donors (Lipinski definition) is 4. The van der Waals surface area contributed by atoms with Gasteiger partial charge in [-0.3, -0.25) is 5.32 Å². The van der Waals surface area contributed by atoms with Crippen LogP contribution in [0.25, 0.3) is 11.0 Å². The highest BCUT2D eigenvalue weighted by atomic mass is 16.6. The number of nitrogens with zero attached hydrogens (tertiary/aromatic N) is 3. The van der Waals surface area contributed by atoms with E-state index in [1.54, 1.807) is 7.05 Å². The van der Waals surface area contributed by atoms with Gasteiger partial charge in [-0.2, -0.15) is 4.73 Å². The van der Waals surface area contributed by atoms with Gasteiger partial charge in [0.15, 0.2) is 5.52 Å². The molecule has 82 valence electrons. The van der Waals surface area contributed by atoms with E-state index in [2.05, 4.69) is 10.6 Å². The summed E-state index contributed by atoms with van der Waals surface area (Å²) in [5.74, 6) is 0.441. The van der Waals surface area contributed by atoms with Gasteiger partial charge in [0.05, 0.1) is 7.05 Å². The summed E-state index contributed by atoms with van der Waals surface area (Å²) in [5.41, 5.74) is 0.417. The molecular weight excluding hydrogens is 202 g/mol. The second kappa shape index (κ2) is 2.87. The van der Waals surface area contributed by atoms with Crippen LogP contribution in [0, 0.1) is 5.21 Å². The van der Waals surface area contributed by atoms with Gasteiger partial charge in [0.25, 0.3) is 0 Å². The normalized spacial score (nSPS) is 10.8. The van der Waals surface area contributed by atoms with E-state index in [1.807, 2.05) is 0 Å². The highest BCUT2D eigenvalue weighted by Gasteiger charge is 2.24. The summed E-state index contributed by atoms with van der Waals surface area (Å²) in [6.45, 7) is 0. The molecule has 8 nitrogen and oxygen atoms in total. The van der Waals surface area contributed by atoms with E-state index in [0.717, 1.165) is 4.73 Å². The first-order valence-corrected chi connectivity index (χ1v) is 4.25. The summed E-state index contributed by atoms with van der Waals surface area (Å²) in [7, 11) is 3.14. The molecule has 0 saturated carbocycles. The van der Waals surface area contributed by atoms with E-state index in [0.29, 0.717) is 10.7 Å². The fourth-order valence-electron chi connectivity index (χ4n) is 1.54. The lowest BCUT2D eigenvalue weighted by molar-refractivity contribution is -0.709. The Morgan fingerprint density at radius 3 is 2.53 bits per heavy atom. The predicted octanol–water partition coefficient (Wildman–Crippen LogP) is -0.366. The number of aromatic nitrogens is 3. The second-order valence-corrected chi connectivity index (χ2v) is 2.99. The topological polar surface area (TPSA) is 101 Å². The Labute approximate surface area is 84.4 Å². The summed E-state index contributed by atoms with van der Waals surface area (Å²) in [6, 6.07) is 1.45.